The minimum atomic E-state index is -0.458. The lowest BCUT2D eigenvalue weighted by Crippen LogP contribution is -2.19. The molecule has 0 amide bonds. The van der Waals surface area contributed by atoms with Crippen molar-refractivity contribution >= 4 is 15.9 Å². The van der Waals surface area contributed by atoms with Gasteiger partial charge in [0.2, 0.25) is 0 Å². The predicted molar refractivity (Wildman–Crippen MR) is 64.7 cm³/mol. The van der Waals surface area contributed by atoms with Gasteiger partial charge in [0, 0.05) is 11.6 Å². The molecule has 1 fully saturated rings. The molecule has 0 bridgehead atoms. The van der Waals surface area contributed by atoms with Gasteiger partial charge in [-0.25, -0.2) is 4.39 Å². The molecule has 1 saturated carbocycles. The lowest BCUT2D eigenvalue weighted by Gasteiger charge is -2.20. The van der Waals surface area contributed by atoms with Crippen molar-refractivity contribution in [2.75, 3.05) is 0 Å². The van der Waals surface area contributed by atoms with Crippen LogP contribution in [0.5, 0.6) is 5.75 Å². The Morgan fingerprint density at radius 3 is 2.62 bits per heavy atom. The van der Waals surface area contributed by atoms with E-state index in [0.717, 1.165) is 12.8 Å². The van der Waals surface area contributed by atoms with Crippen molar-refractivity contribution < 1.29 is 9.50 Å². The zero-order chi connectivity index (χ0) is 11.7. The highest BCUT2D eigenvalue weighted by Crippen LogP contribution is 2.40. The van der Waals surface area contributed by atoms with E-state index in [1.165, 1.54) is 18.9 Å². The Labute approximate surface area is 103 Å². The van der Waals surface area contributed by atoms with Crippen LogP contribution in [-0.2, 0) is 0 Å². The molecule has 2 rings (SSSR count). The number of halogens is 2. The van der Waals surface area contributed by atoms with Gasteiger partial charge in [0.05, 0.1) is 4.47 Å². The van der Waals surface area contributed by atoms with Crippen LogP contribution < -0.4 is 5.73 Å². The van der Waals surface area contributed by atoms with Crippen molar-refractivity contribution in [1.82, 2.24) is 0 Å². The second-order valence-electron chi connectivity index (χ2n) is 4.37. The molecular formula is C12H15BrFNO. The fraction of sp³-hybridized carbons (Fsp3) is 0.500. The van der Waals surface area contributed by atoms with E-state index in [1.807, 2.05) is 0 Å². The van der Waals surface area contributed by atoms with Gasteiger partial charge in [-0.2, -0.15) is 0 Å². The highest BCUT2D eigenvalue weighted by molar-refractivity contribution is 9.10. The standard InChI is InChI=1S/C12H15BrFNO/c13-10-9(14)6-5-8(12(10)16)11(15)7-3-1-2-4-7/h5-7,11,16H,1-4,15H2/t11-/m1/s1. The summed E-state index contributed by atoms with van der Waals surface area (Å²) < 4.78 is 13.3. The maximum absolute atomic E-state index is 13.2. The van der Waals surface area contributed by atoms with Crippen molar-refractivity contribution in [3.8, 4) is 5.75 Å². The molecule has 1 aliphatic carbocycles. The van der Waals surface area contributed by atoms with Crippen molar-refractivity contribution in [3.05, 3.63) is 28.0 Å². The molecule has 0 heterocycles. The van der Waals surface area contributed by atoms with Crippen LogP contribution in [0.15, 0.2) is 16.6 Å². The summed E-state index contributed by atoms with van der Waals surface area (Å²) in [6.45, 7) is 0. The summed E-state index contributed by atoms with van der Waals surface area (Å²) in [4.78, 5) is 0. The highest BCUT2D eigenvalue weighted by Gasteiger charge is 2.26. The van der Waals surface area contributed by atoms with Crippen molar-refractivity contribution in [3.63, 3.8) is 0 Å². The van der Waals surface area contributed by atoms with Crippen LogP contribution in [0.25, 0.3) is 0 Å². The maximum Gasteiger partial charge on any atom is 0.141 e. The van der Waals surface area contributed by atoms with Gasteiger partial charge in [-0.15, -0.1) is 0 Å². The first-order chi connectivity index (χ1) is 7.61. The normalized spacial score (nSPS) is 18.9. The van der Waals surface area contributed by atoms with Crippen LogP contribution in [0.4, 0.5) is 4.39 Å². The van der Waals surface area contributed by atoms with Gasteiger partial charge in [-0.1, -0.05) is 18.9 Å². The number of hydrogen-bond donors (Lipinski definition) is 2. The number of hydrogen-bond acceptors (Lipinski definition) is 2. The Morgan fingerprint density at radius 1 is 1.38 bits per heavy atom. The van der Waals surface area contributed by atoms with Crippen LogP contribution >= 0.6 is 15.9 Å². The van der Waals surface area contributed by atoms with Crippen LogP contribution in [0, 0.1) is 11.7 Å². The molecule has 3 N–H and O–H groups in total. The Morgan fingerprint density at radius 2 is 2.00 bits per heavy atom. The molecule has 1 aromatic rings. The number of nitrogens with two attached hydrogens (primary N) is 1. The van der Waals surface area contributed by atoms with E-state index in [2.05, 4.69) is 15.9 Å². The molecular weight excluding hydrogens is 273 g/mol. The third-order valence-electron chi connectivity index (χ3n) is 3.37. The first kappa shape index (κ1) is 11.9. The van der Waals surface area contributed by atoms with Crippen molar-refractivity contribution in [2.24, 2.45) is 11.7 Å². The molecule has 1 atom stereocenters. The fourth-order valence-corrected chi connectivity index (χ4v) is 2.76. The van der Waals surface area contributed by atoms with Gasteiger partial charge in [0.25, 0.3) is 0 Å². The average Bonchev–Trinajstić information content (AvgIpc) is 2.79. The summed E-state index contributed by atoms with van der Waals surface area (Å²) in [5.74, 6) is -0.109. The minimum absolute atomic E-state index is 0.0561. The second kappa shape index (κ2) is 4.72. The third-order valence-corrected chi connectivity index (χ3v) is 4.12. The Kier molecular flexibility index (Phi) is 3.50. The monoisotopic (exact) mass is 287 g/mol. The summed E-state index contributed by atoms with van der Waals surface area (Å²) >= 11 is 3.03. The largest absolute Gasteiger partial charge is 0.506 e. The summed E-state index contributed by atoms with van der Waals surface area (Å²) in [7, 11) is 0. The molecule has 0 unspecified atom stereocenters. The molecule has 0 saturated heterocycles. The summed E-state index contributed by atoms with van der Waals surface area (Å²) in [5.41, 5.74) is 6.76. The topological polar surface area (TPSA) is 46.2 Å². The Balaban J connectivity index is 2.29. The van der Waals surface area contributed by atoms with Crippen LogP contribution in [0.1, 0.15) is 37.3 Å². The Hall–Kier alpha value is -0.610. The van der Waals surface area contributed by atoms with Crippen LogP contribution in [0.3, 0.4) is 0 Å². The van der Waals surface area contributed by atoms with Crippen LogP contribution in [0.2, 0.25) is 0 Å². The summed E-state index contributed by atoms with van der Waals surface area (Å²) in [6, 6.07) is 2.73. The quantitative estimate of drug-likeness (QED) is 0.875. The number of aromatic hydroxyl groups is 1. The van der Waals surface area contributed by atoms with Gasteiger partial charge in [0.1, 0.15) is 11.6 Å². The van der Waals surface area contributed by atoms with Crippen LogP contribution in [-0.4, -0.2) is 5.11 Å². The predicted octanol–water partition coefficient (Wildman–Crippen LogP) is 3.48. The van der Waals surface area contributed by atoms with Gasteiger partial charge in [0.15, 0.2) is 0 Å². The van der Waals surface area contributed by atoms with Crippen molar-refractivity contribution in [1.29, 1.82) is 0 Å². The molecule has 16 heavy (non-hydrogen) atoms. The molecule has 1 aromatic carbocycles. The number of benzene rings is 1. The van der Waals surface area contributed by atoms with E-state index in [1.54, 1.807) is 6.07 Å². The maximum atomic E-state index is 13.2. The average molecular weight is 288 g/mol. The number of phenols is 1. The van der Waals surface area contributed by atoms with Gasteiger partial charge in [-0.3, -0.25) is 0 Å². The molecule has 0 radical (unpaired) electrons. The van der Waals surface area contributed by atoms with E-state index in [-0.39, 0.29) is 16.3 Å². The SMILES string of the molecule is N[C@@H](c1ccc(F)c(Br)c1O)C1CCCC1. The van der Waals surface area contributed by atoms with E-state index >= 15 is 0 Å². The van der Waals surface area contributed by atoms with Gasteiger partial charge in [-0.05, 0) is 40.8 Å². The van der Waals surface area contributed by atoms with E-state index in [0.29, 0.717) is 11.5 Å². The molecule has 0 aromatic heterocycles. The zero-order valence-electron chi connectivity index (χ0n) is 8.92. The molecule has 0 aliphatic heterocycles. The first-order valence-electron chi connectivity index (χ1n) is 5.53. The lowest BCUT2D eigenvalue weighted by atomic mass is 9.92. The van der Waals surface area contributed by atoms with E-state index in [4.69, 9.17) is 5.73 Å². The third kappa shape index (κ3) is 2.09. The second-order valence-corrected chi connectivity index (χ2v) is 5.16. The number of phenolic OH excluding ortho intramolecular Hbond substituents is 1. The van der Waals surface area contributed by atoms with Gasteiger partial charge < -0.3 is 10.8 Å². The molecule has 4 heteroatoms. The highest BCUT2D eigenvalue weighted by atomic mass is 79.9. The van der Waals surface area contributed by atoms with Gasteiger partial charge >= 0.3 is 0 Å². The molecule has 1 aliphatic rings. The Bertz CT molecular complexity index is 391. The van der Waals surface area contributed by atoms with E-state index in [9.17, 15) is 9.50 Å². The zero-order valence-corrected chi connectivity index (χ0v) is 10.5. The molecule has 0 spiro atoms. The van der Waals surface area contributed by atoms with E-state index < -0.39 is 5.82 Å². The fourth-order valence-electron chi connectivity index (χ4n) is 2.39. The minimum Gasteiger partial charge on any atom is -0.506 e. The summed E-state index contributed by atoms with van der Waals surface area (Å²) in [5, 5.41) is 9.84. The summed E-state index contributed by atoms with van der Waals surface area (Å²) in [6.07, 6.45) is 4.58. The van der Waals surface area contributed by atoms with Crippen molar-refractivity contribution in [2.45, 2.75) is 31.7 Å². The molecule has 88 valence electrons. The smallest absolute Gasteiger partial charge is 0.141 e. The molecule has 2 nitrogen and oxygen atoms in total. The lowest BCUT2D eigenvalue weighted by molar-refractivity contribution is 0.407. The number of rotatable bonds is 2. The first-order valence-corrected chi connectivity index (χ1v) is 6.33.